The molecule has 0 bridgehead atoms. The maximum Gasteiger partial charge on any atom is 0.0540 e. The molecule has 4 heteroatoms. The first kappa shape index (κ1) is 88.9. The summed E-state index contributed by atoms with van der Waals surface area (Å²) in [5, 5.41) is 4.79. The van der Waals surface area contributed by atoms with E-state index in [0.717, 1.165) is 90.5 Å². The van der Waals surface area contributed by atoms with Gasteiger partial charge in [0.05, 0.1) is 11.4 Å². The van der Waals surface area contributed by atoms with Crippen molar-refractivity contribution in [1.82, 2.24) is 0 Å². The molecule has 0 aromatic heterocycles. The first-order valence-electron chi connectivity index (χ1n) is 49.3. The lowest BCUT2D eigenvalue weighted by molar-refractivity contribution is 1.28. The van der Waals surface area contributed by atoms with Gasteiger partial charge in [-0.15, -0.1) is 0 Å². The summed E-state index contributed by atoms with van der Waals surface area (Å²) in [6, 6.07) is 219. The van der Waals surface area contributed by atoms with E-state index in [1.54, 1.807) is 0 Å². The minimum Gasteiger partial charge on any atom is -0.311 e. The topological polar surface area (TPSA) is 13.0 Å². The molecule has 0 amide bonds. The van der Waals surface area contributed by atoms with Gasteiger partial charge in [-0.05, 0) is 296 Å². The molecule has 0 unspecified atom stereocenters. The largest absolute Gasteiger partial charge is 0.311 e. The van der Waals surface area contributed by atoms with Crippen molar-refractivity contribution >= 4 is 89.8 Å². The predicted molar refractivity (Wildman–Crippen MR) is 612 cm³/mol. The Bertz CT molecular complexity index is 8420. The van der Waals surface area contributed by atoms with E-state index >= 15 is 0 Å². The molecule has 24 rings (SSSR count). The molecule has 0 N–H and O–H groups in total. The van der Waals surface area contributed by atoms with E-state index < -0.39 is 0 Å². The molecule has 0 saturated carbocycles. The fourth-order valence-electron chi connectivity index (χ4n) is 20.0. The minimum atomic E-state index is 1.08. The lowest BCUT2D eigenvalue weighted by Crippen LogP contribution is -2.11. The van der Waals surface area contributed by atoms with Crippen molar-refractivity contribution in [1.29, 1.82) is 0 Å². The SMILES string of the molecule is c1ccc(-c2ccc(N(c3ccc(-c4ccc(N(c5cc(-c6ccccc6)cc(-c6ccccc6)c5)c5cccc6ccccc56)cc4)cc3)c3ccc(-c4cccc(-c5ccccc5)c4)cc3)cc2)cc1.c1ccc(-c2ccc(N(c3ccc(-c4ccc(N(c5ccc(-c6ccccc6)c(-c6ccccc6)c5)c5cccc6ccccc56)cc4)cc3)c3ccc(-c4cccc(-c5ccccc5)c4)cc3)cc2)cc1. The van der Waals surface area contributed by atoms with E-state index in [4.69, 9.17) is 0 Å². The zero-order chi connectivity index (χ0) is 96.1. The van der Waals surface area contributed by atoms with Crippen LogP contribution in [0.3, 0.4) is 0 Å². The summed E-state index contributed by atoms with van der Waals surface area (Å²) in [4.78, 5) is 9.52. The van der Waals surface area contributed by atoms with Crippen LogP contribution >= 0.6 is 0 Å². The van der Waals surface area contributed by atoms with Crippen LogP contribution in [-0.2, 0) is 0 Å². The quantitative estimate of drug-likeness (QED) is 0.0598. The second-order valence-corrected chi connectivity index (χ2v) is 36.3. The normalized spacial score (nSPS) is 11.1. The van der Waals surface area contributed by atoms with Gasteiger partial charge in [-0.1, -0.05) is 455 Å². The van der Waals surface area contributed by atoms with Gasteiger partial charge in [0.25, 0.3) is 0 Å². The van der Waals surface area contributed by atoms with Crippen molar-refractivity contribution < 1.29 is 0 Å². The Morgan fingerprint density at radius 1 is 0.0903 bits per heavy atom. The van der Waals surface area contributed by atoms with Crippen LogP contribution in [0, 0.1) is 0 Å². The number of fused-ring (bicyclic) bond motifs is 2. The highest BCUT2D eigenvalue weighted by Crippen LogP contribution is 2.49. The molecule has 0 radical (unpaired) electrons. The van der Waals surface area contributed by atoms with Gasteiger partial charge in [0.1, 0.15) is 0 Å². The summed E-state index contributed by atoms with van der Waals surface area (Å²) in [6.07, 6.45) is 0. The highest BCUT2D eigenvalue weighted by Gasteiger charge is 2.24. The van der Waals surface area contributed by atoms with Crippen molar-refractivity contribution in [2.75, 3.05) is 19.6 Å². The number of rotatable bonds is 24. The Labute approximate surface area is 843 Å². The third-order valence-corrected chi connectivity index (χ3v) is 27.3. The molecular formula is C140H100N4. The molecule has 0 aliphatic rings. The molecule has 24 aromatic rings. The second-order valence-electron chi connectivity index (χ2n) is 36.3. The van der Waals surface area contributed by atoms with Gasteiger partial charge >= 0.3 is 0 Å². The molecule has 4 nitrogen and oxygen atoms in total. The molecule has 0 fully saturated rings. The van der Waals surface area contributed by atoms with Gasteiger partial charge in [0.2, 0.25) is 0 Å². The van der Waals surface area contributed by atoms with Gasteiger partial charge in [-0.2, -0.15) is 0 Å². The Morgan fingerprint density at radius 3 is 0.569 bits per heavy atom. The molecule has 0 spiro atoms. The standard InChI is InChI=1S/2C70H50N2/c1-5-17-51(18-6-1)55-31-39-64(40-32-55)71(66-43-37-58(38-44-66)61-28-15-27-60(47-61)52-19-7-2-8-20-52)65-41-33-56(34-42-65)57-35-45-67(46-36-57)72(70-30-16-26-59-25-13-14-29-69(59)70)68-49-62(53-21-9-3-10-22-53)48-63(50-68)54-23-11-4-12-24-54;1-5-17-51(18-6-1)53-31-39-62(40-32-53)71(64-43-37-56(38-44-64)61-28-15-27-60(49-61)52-19-7-2-8-20-52)63-41-33-54(34-42-63)55-35-45-65(46-36-55)72(70-30-16-26-58-25-13-14-29-68(58)70)66-47-48-67(57-21-9-3-10-22-57)69(50-66)59-23-11-4-12-24-59/h2*1-50H. The lowest BCUT2D eigenvalue weighted by atomic mass is 9.93. The Morgan fingerprint density at radius 2 is 0.278 bits per heavy atom. The Hall–Kier alpha value is -19.0. The maximum atomic E-state index is 2.42. The molecule has 680 valence electrons. The molecule has 0 saturated heterocycles. The van der Waals surface area contributed by atoms with Crippen LogP contribution < -0.4 is 19.6 Å². The number of hydrogen-bond acceptors (Lipinski definition) is 4. The van der Waals surface area contributed by atoms with Crippen LogP contribution in [0.5, 0.6) is 0 Å². The first-order chi connectivity index (χ1) is 71.4. The molecule has 0 heterocycles. The van der Waals surface area contributed by atoms with Crippen molar-refractivity contribution in [2.24, 2.45) is 0 Å². The van der Waals surface area contributed by atoms with Crippen LogP contribution in [0.1, 0.15) is 0 Å². The third-order valence-electron chi connectivity index (χ3n) is 27.3. The zero-order valence-electron chi connectivity index (χ0n) is 79.5. The van der Waals surface area contributed by atoms with Crippen molar-refractivity contribution in [3.63, 3.8) is 0 Å². The van der Waals surface area contributed by atoms with E-state index in [9.17, 15) is 0 Å². The molecule has 24 aromatic carbocycles. The summed E-state index contributed by atoms with van der Waals surface area (Å²) < 4.78 is 0. The molecule has 0 aliphatic heterocycles. The summed E-state index contributed by atoms with van der Waals surface area (Å²) in [5.41, 5.74) is 41.5. The summed E-state index contributed by atoms with van der Waals surface area (Å²) in [5.74, 6) is 0. The van der Waals surface area contributed by atoms with E-state index in [0.29, 0.717) is 0 Å². The van der Waals surface area contributed by atoms with Gasteiger partial charge in [0.15, 0.2) is 0 Å². The molecule has 0 atom stereocenters. The Balaban J connectivity index is 0.000000159. The van der Waals surface area contributed by atoms with E-state index in [-0.39, 0.29) is 0 Å². The van der Waals surface area contributed by atoms with Crippen LogP contribution in [0.2, 0.25) is 0 Å². The van der Waals surface area contributed by atoms with Crippen LogP contribution in [-0.4, -0.2) is 0 Å². The van der Waals surface area contributed by atoms with Crippen LogP contribution in [0.4, 0.5) is 68.2 Å². The van der Waals surface area contributed by atoms with E-state index in [2.05, 4.69) is 626 Å². The summed E-state index contributed by atoms with van der Waals surface area (Å²) >= 11 is 0. The fourth-order valence-corrected chi connectivity index (χ4v) is 20.0. The average molecular weight is 1840 g/mol. The van der Waals surface area contributed by atoms with Crippen LogP contribution in [0.15, 0.2) is 607 Å². The number of nitrogens with zero attached hydrogens (tertiary/aromatic N) is 4. The zero-order valence-corrected chi connectivity index (χ0v) is 79.5. The third kappa shape index (κ3) is 19.3. The van der Waals surface area contributed by atoms with Crippen molar-refractivity contribution in [2.45, 2.75) is 0 Å². The van der Waals surface area contributed by atoms with Gasteiger partial charge in [-0.25, -0.2) is 0 Å². The molecule has 144 heavy (non-hydrogen) atoms. The second kappa shape index (κ2) is 41.3. The highest BCUT2D eigenvalue weighted by molar-refractivity contribution is 6.03. The fraction of sp³-hybridized carbons (Fsp3) is 0. The highest BCUT2D eigenvalue weighted by atomic mass is 15.2. The van der Waals surface area contributed by atoms with Crippen molar-refractivity contribution in [3.05, 3.63) is 607 Å². The van der Waals surface area contributed by atoms with Crippen molar-refractivity contribution in [3.8, 4) is 134 Å². The van der Waals surface area contributed by atoms with Crippen LogP contribution in [0.25, 0.3) is 155 Å². The van der Waals surface area contributed by atoms with E-state index in [1.165, 1.54) is 133 Å². The maximum absolute atomic E-state index is 2.42. The smallest absolute Gasteiger partial charge is 0.0540 e. The summed E-state index contributed by atoms with van der Waals surface area (Å²) in [7, 11) is 0. The number of hydrogen-bond donors (Lipinski definition) is 0. The monoisotopic (exact) mass is 1840 g/mol. The van der Waals surface area contributed by atoms with Gasteiger partial charge in [-0.3, -0.25) is 0 Å². The molecule has 0 aliphatic carbocycles. The minimum absolute atomic E-state index is 1.08. The average Bonchev–Trinajstić information content (AvgIpc) is 0.767. The van der Waals surface area contributed by atoms with Gasteiger partial charge < -0.3 is 19.6 Å². The predicted octanol–water partition coefficient (Wildman–Crippen LogP) is 39.6. The number of benzene rings is 24. The summed E-state index contributed by atoms with van der Waals surface area (Å²) in [6.45, 7) is 0. The molecular weight excluding hydrogens is 1740 g/mol. The van der Waals surface area contributed by atoms with E-state index in [1.807, 2.05) is 0 Å². The van der Waals surface area contributed by atoms with Gasteiger partial charge in [0, 0.05) is 67.6 Å². The first-order valence-corrected chi connectivity index (χ1v) is 49.3. The number of anilines is 12. The lowest BCUT2D eigenvalue weighted by Gasteiger charge is -2.28. The Kier molecular flexibility index (Phi) is 25.5.